The predicted molar refractivity (Wildman–Crippen MR) is 92.5 cm³/mol. The molecule has 1 amide bonds. The van der Waals surface area contributed by atoms with Gasteiger partial charge in [-0.05, 0) is 42.8 Å². The molecule has 2 aromatic rings. The first kappa shape index (κ1) is 17.9. The Labute approximate surface area is 151 Å². The highest BCUT2D eigenvalue weighted by atomic mass is 32.2. The van der Waals surface area contributed by atoms with Gasteiger partial charge in [-0.1, -0.05) is 12.1 Å². The fourth-order valence-corrected chi connectivity index (χ4v) is 4.31. The summed E-state index contributed by atoms with van der Waals surface area (Å²) in [5, 5.41) is 0. The van der Waals surface area contributed by atoms with Crippen LogP contribution < -0.4 is 4.74 Å². The monoisotopic (exact) mass is 375 g/mol. The molecule has 0 radical (unpaired) electrons. The third kappa shape index (κ3) is 3.03. The minimum atomic E-state index is -3.92. The van der Waals surface area contributed by atoms with Crippen LogP contribution >= 0.6 is 0 Å². The molecule has 0 spiro atoms. The highest BCUT2D eigenvalue weighted by molar-refractivity contribution is 7.90. The van der Waals surface area contributed by atoms with E-state index in [0.717, 1.165) is 9.87 Å². The van der Waals surface area contributed by atoms with Crippen LogP contribution in [0.1, 0.15) is 33.2 Å². The molecule has 0 N–H and O–H groups in total. The van der Waals surface area contributed by atoms with Gasteiger partial charge in [-0.2, -0.15) is 0 Å². The van der Waals surface area contributed by atoms with Crippen molar-refractivity contribution in [2.24, 2.45) is 0 Å². The van der Waals surface area contributed by atoms with Crippen LogP contribution in [0.25, 0.3) is 0 Å². The van der Waals surface area contributed by atoms with Crippen molar-refractivity contribution >= 4 is 21.9 Å². The summed E-state index contributed by atoms with van der Waals surface area (Å²) in [7, 11) is -2.38. The van der Waals surface area contributed by atoms with Gasteiger partial charge >= 0.3 is 5.97 Å². The number of ether oxygens (including phenoxy) is 2. The Bertz CT molecular complexity index is 983. The Hall–Kier alpha value is -2.87. The molecule has 0 saturated carbocycles. The second kappa shape index (κ2) is 6.80. The van der Waals surface area contributed by atoms with Crippen LogP contribution in [0.3, 0.4) is 0 Å². The normalized spacial score (nSPS) is 14.8. The van der Waals surface area contributed by atoms with E-state index in [1.54, 1.807) is 31.2 Å². The maximum atomic E-state index is 12.4. The average molecular weight is 375 g/mol. The van der Waals surface area contributed by atoms with Gasteiger partial charge in [-0.3, -0.25) is 4.79 Å². The van der Waals surface area contributed by atoms with Gasteiger partial charge in [0.05, 0.1) is 18.2 Å². The second-order valence-electron chi connectivity index (χ2n) is 5.61. The number of esters is 1. The lowest BCUT2D eigenvalue weighted by Gasteiger charge is -2.11. The van der Waals surface area contributed by atoms with E-state index in [0.29, 0.717) is 5.75 Å². The molecule has 7 nitrogen and oxygen atoms in total. The molecule has 0 fully saturated rings. The summed E-state index contributed by atoms with van der Waals surface area (Å²) in [5.74, 6) is -0.618. The Balaban J connectivity index is 1.81. The van der Waals surface area contributed by atoms with Crippen molar-refractivity contribution < 1.29 is 27.5 Å². The molecule has 2 aromatic carbocycles. The molecular weight excluding hydrogens is 358 g/mol. The van der Waals surface area contributed by atoms with Gasteiger partial charge in [-0.25, -0.2) is 17.5 Å². The first-order valence-corrected chi connectivity index (χ1v) is 9.33. The van der Waals surface area contributed by atoms with E-state index in [-0.39, 0.29) is 29.2 Å². The molecule has 1 heterocycles. The Morgan fingerprint density at radius 3 is 2.62 bits per heavy atom. The Morgan fingerprint density at radius 2 is 1.92 bits per heavy atom. The highest BCUT2D eigenvalue weighted by Gasteiger charge is 2.40. The average Bonchev–Trinajstić information content (AvgIpc) is 2.84. The fourth-order valence-electron chi connectivity index (χ4n) is 2.71. The number of sulfonamides is 1. The number of benzene rings is 2. The number of hydrogen-bond acceptors (Lipinski definition) is 6. The first-order valence-electron chi connectivity index (χ1n) is 7.89. The van der Waals surface area contributed by atoms with Crippen molar-refractivity contribution in [1.29, 1.82) is 0 Å². The van der Waals surface area contributed by atoms with Crippen molar-refractivity contribution in [3.05, 3.63) is 59.2 Å². The first-order chi connectivity index (χ1) is 12.4. The smallest absolute Gasteiger partial charge is 0.338 e. The molecule has 0 atom stereocenters. The van der Waals surface area contributed by atoms with Crippen LogP contribution in [-0.2, 0) is 21.4 Å². The van der Waals surface area contributed by atoms with Gasteiger partial charge in [0.25, 0.3) is 15.9 Å². The quantitative estimate of drug-likeness (QED) is 0.745. The lowest BCUT2D eigenvalue weighted by atomic mass is 10.1. The van der Waals surface area contributed by atoms with E-state index in [9.17, 15) is 18.0 Å². The van der Waals surface area contributed by atoms with Crippen molar-refractivity contribution in [1.82, 2.24) is 4.31 Å². The van der Waals surface area contributed by atoms with Crippen molar-refractivity contribution in [3.8, 4) is 5.75 Å². The largest absolute Gasteiger partial charge is 0.497 e. The summed E-state index contributed by atoms with van der Waals surface area (Å²) in [5.41, 5.74) is 0.871. The molecule has 1 aliphatic rings. The van der Waals surface area contributed by atoms with Gasteiger partial charge in [0, 0.05) is 6.54 Å². The number of rotatable bonds is 5. The lowest BCUT2D eigenvalue weighted by Crippen LogP contribution is -2.29. The number of hydrogen-bond donors (Lipinski definition) is 0. The van der Waals surface area contributed by atoms with Crippen molar-refractivity contribution in [3.63, 3.8) is 0 Å². The number of amides is 1. The summed E-state index contributed by atoms with van der Waals surface area (Å²) in [4.78, 5) is 24.2. The lowest BCUT2D eigenvalue weighted by molar-refractivity contribution is 0.0471. The highest BCUT2D eigenvalue weighted by Crippen LogP contribution is 2.31. The third-order valence-electron chi connectivity index (χ3n) is 4.03. The van der Waals surface area contributed by atoms with Gasteiger partial charge in [0.2, 0.25) is 0 Å². The standard InChI is InChI=1S/C18H17NO6S/c1-3-19-17(20)15-8-7-13(10-16(15)26(19,22)23)18(21)25-11-12-5-4-6-14(9-12)24-2/h4-10H,3,11H2,1-2H3. The molecule has 136 valence electrons. The van der Waals surface area contributed by atoms with Crippen LogP contribution in [0.4, 0.5) is 0 Å². The van der Waals surface area contributed by atoms with Crippen LogP contribution in [-0.4, -0.2) is 38.3 Å². The van der Waals surface area contributed by atoms with E-state index >= 15 is 0 Å². The summed E-state index contributed by atoms with van der Waals surface area (Å²) < 4.78 is 35.9. The number of carbonyl (C=O) groups is 2. The molecular formula is C18H17NO6S. The molecule has 0 aliphatic carbocycles. The summed E-state index contributed by atoms with van der Waals surface area (Å²) in [6.07, 6.45) is 0. The zero-order valence-corrected chi connectivity index (χ0v) is 15.1. The van der Waals surface area contributed by atoms with Crippen molar-refractivity contribution in [2.45, 2.75) is 18.4 Å². The number of methoxy groups -OCH3 is 1. The number of nitrogens with zero attached hydrogens (tertiary/aromatic N) is 1. The predicted octanol–water partition coefficient (Wildman–Crippen LogP) is 2.22. The topological polar surface area (TPSA) is 90.0 Å². The molecule has 26 heavy (non-hydrogen) atoms. The second-order valence-corrected chi connectivity index (χ2v) is 7.44. The van der Waals surface area contributed by atoms with E-state index in [1.807, 2.05) is 0 Å². The van der Waals surface area contributed by atoms with Gasteiger partial charge < -0.3 is 9.47 Å². The van der Waals surface area contributed by atoms with Crippen LogP contribution in [0.5, 0.6) is 5.75 Å². The van der Waals surface area contributed by atoms with Crippen LogP contribution in [0, 0.1) is 0 Å². The molecule has 0 aromatic heterocycles. The molecule has 3 rings (SSSR count). The summed E-state index contributed by atoms with van der Waals surface area (Å²) in [6, 6.07) is 11.0. The molecule has 0 unspecified atom stereocenters. The van der Waals surface area contributed by atoms with Crippen LogP contribution in [0.15, 0.2) is 47.4 Å². The van der Waals surface area contributed by atoms with Gasteiger partial charge in [0.1, 0.15) is 17.3 Å². The molecule has 1 aliphatic heterocycles. The van der Waals surface area contributed by atoms with E-state index in [4.69, 9.17) is 9.47 Å². The van der Waals surface area contributed by atoms with Gasteiger partial charge in [0.15, 0.2) is 0 Å². The maximum absolute atomic E-state index is 12.4. The van der Waals surface area contributed by atoms with E-state index in [1.165, 1.54) is 25.3 Å². The zero-order valence-electron chi connectivity index (χ0n) is 14.3. The fraction of sp³-hybridized carbons (Fsp3) is 0.222. The minimum Gasteiger partial charge on any atom is -0.497 e. The SMILES string of the molecule is CCN1C(=O)c2ccc(C(=O)OCc3cccc(OC)c3)cc2S1(=O)=O. The maximum Gasteiger partial charge on any atom is 0.338 e. The summed E-state index contributed by atoms with van der Waals surface area (Å²) in [6.45, 7) is 1.62. The summed E-state index contributed by atoms with van der Waals surface area (Å²) >= 11 is 0. The minimum absolute atomic E-state index is 0.0138. The number of fused-ring (bicyclic) bond motifs is 1. The Morgan fingerprint density at radius 1 is 1.15 bits per heavy atom. The van der Waals surface area contributed by atoms with E-state index < -0.39 is 21.9 Å². The van der Waals surface area contributed by atoms with Gasteiger partial charge in [-0.15, -0.1) is 0 Å². The van der Waals surface area contributed by atoms with Crippen molar-refractivity contribution in [2.75, 3.05) is 13.7 Å². The number of carbonyl (C=O) groups excluding carboxylic acids is 2. The zero-order chi connectivity index (χ0) is 18.9. The van der Waals surface area contributed by atoms with Crippen LogP contribution in [0.2, 0.25) is 0 Å². The molecule has 8 heteroatoms. The third-order valence-corrected chi connectivity index (χ3v) is 5.93. The molecule has 0 saturated heterocycles. The molecule has 0 bridgehead atoms. The Kier molecular flexibility index (Phi) is 4.69. The van der Waals surface area contributed by atoms with E-state index in [2.05, 4.69) is 0 Å².